The Bertz CT molecular complexity index is 430. The van der Waals surface area contributed by atoms with E-state index in [9.17, 15) is 4.79 Å². The second kappa shape index (κ2) is 3.89. The number of fused-ring (bicyclic) bond motifs is 1. The zero-order valence-electron chi connectivity index (χ0n) is 9.04. The van der Waals surface area contributed by atoms with Gasteiger partial charge < -0.3 is 4.74 Å². The average molecular weight is 202 g/mol. The van der Waals surface area contributed by atoms with Crippen molar-refractivity contribution in [3.05, 3.63) is 34.9 Å². The molecule has 15 heavy (non-hydrogen) atoms. The monoisotopic (exact) mass is 202 g/mol. The topological polar surface area (TPSA) is 26.3 Å². The lowest BCUT2D eigenvalue weighted by molar-refractivity contribution is -0.134. The van der Waals surface area contributed by atoms with Gasteiger partial charge in [-0.05, 0) is 42.2 Å². The second-order valence-electron chi connectivity index (χ2n) is 3.74. The first-order valence-corrected chi connectivity index (χ1v) is 5.21. The van der Waals surface area contributed by atoms with Crippen LogP contribution in [0.3, 0.4) is 0 Å². The van der Waals surface area contributed by atoms with Crippen molar-refractivity contribution in [2.75, 3.05) is 0 Å². The molecule has 1 aliphatic carbocycles. The fourth-order valence-corrected chi connectivity index (χ4v) is 1.80. The fraction of sp³-hybridized carbons (Fsp3) is 0.308. The number of rotatable bonds is 2. The van der Waals surface area contributed by atoms with Crippen molar-refractivity contribution >= 4 is 12.0 Å². The Morgan fingerprint density at radius 1 is 1.47 bits per heavy atom. The Morgan fingerprint density at radius 3 is 3.00 bits per heavy atom. The molecule has 0 amide bonds. The first-order valence-electron chi connectivity index (χ1n) is 5.21. The molecule has 0 saturated carbocycles. The molecule has 2 nitrogen and oxygen atoms in total. The predicted molar refractivity (Wildman–Crippen MR) is 59.8 cm³/mol. The highest BCUT2D eigenvalue weighted by atomic mass is 16.5. The molecule has 0 aromatic heterocycles. The lowest BCUT2D eigenvalue weighted by Crippen LogP contribution is -2.06. The maximum Gasteiger partial charge on any atom is 0.310 e. The van der Waals surface area contributed by atoms with Crippen molar-refractivity contribution in [3.63, 3.8) is 0 Å². The third-order valence-corrected chi connectivity index (χ3v) is 2.62. The Balaban J connectivity index is 2.30. The zero-order valence-corrected chi connectivity index (χ0v) is 9.04. The summed E-state index contributed by atoms with van der Waals surface area (Å²) in [4.78, 5) is 11.2. The van der Waals surface area contributed by atoms with Crippen LogP contribution in [-0.4, -0.2) is 5.97 Å². The van der Waals surface area contributed by atoms with Crippen LogP contribution in [0.15, 0.2) is 18.2 Å². The van der Waals surface area contributed by atoms with Crippen molar-refractivity contribution in [2.45, 2.75) is 26.7 Å². The van der Waals surface area contributed by atoms with Gasteiger partial charge in [-0.25, -0.2) is 0 Å². The lowest BCUT2D eigenvalue weighted by Gasteiger charge is -2.08. The lowest BCUT2D eigenvalue weighted by atomic mass is 10.0. The van der Waals surface area contributed by atoms with Gasteiger partial charge in [0.15, 0.2) is 0 Å². The molecule has 2 heteroatoms. The van der Waals surface area contributed by atoms with Crippen molar-refractivity contribution < 1.29 is 9.53 Å². The number of hydrogen-bond acceptors (Lipinski definition) is 2. The highest BCUT2D eigenvalue weighted by molar-refractivity contribution is 5.73. The molecule has 0 unspecified atom stereocenters. The van der Waals surface area contributed by atoms with E-state index in [0.29, 0.717) is 12.2 Å². The Hall–Kier alpha value is -1.57. The molecule has 0 saturated heterocycles. The van der Waals surface area contributed by atoms with Gasteiger partial charge >= 0.3 is 5.97 Å². The minimum absolute atomic E-state index is 0.184. The smallest absolute Gasteiger partial charge is 0.310 e. The third kappa shape index (κ3) is 1.94. The van der Waals surface area contributed by atoms with Gasteiger partial charge in [-0.1, -0.05) is 19.1 Å². The molecule has 0 heterocycles. The molecule has 0 fully saturated rings. The highest BCUT2D eigenvalue weighted by Crippen LogP contribution is 2.28. The SMILES string of the molecule is CCC(=O)Oc1cc(C)c2c(c1)C=CC2. The summed E-state index contributed by atoms with van der Waals surface area (Å²) < 4.78 is 5.20. The van der Waals surface area contributed by atoms with Crippen LogP contribution in [0.4, 0.5) is 0 Å². The largest absolute Gasteiger partial charge is 0.427 e. The van der Waals surface area contributed by atoms with Gasteiger partial charge in [0.05, 0.1) is 0 Å². The van der Waals surface area contributed by atoms with E-state index in [4.69, 9.17) is 4.74 Å². The van der Waals surface area contributed by atoms with E-state index in [2.05, 4.69) is 19.1 Å². The summed E-state index contributed by atoms with van der Waals surface area (Å²) in [6.07, 6.45) is 5.60. The van der Waals surface area contributed by atoms with Gasteiger partial charge in [-0.2, -0.15) is 0 Å². The number of esters is 1. The summed E-state index contributed by atoms with van der Waals surface area (Å²) >= 11 is 0. The molecular formula is C13H14O2. The van der Waals surface area contributed by atoms with Gasteiger partial charge in [0, 0.05) is 6.42 Å². The van der Waals surface area contributed by atoms with Crippen LogP contribution in [-0.2, 0) is 11.2 Å². The molecule has 0 bridgehead atoms. The van der Waals surface area contributed by atoms with E-state index in [1.807, 2.05) is 12.1 Å². The summed E-state index contributed by atoms with van der Waals surface area (Å²) in [5.74, 6) is 0.473. The standard InChI is InChI=1S/C13H14O2/c1-3-13(14)15-11-7-9(2)12-6-4-5-10(12)8-11/h4-5,7-8H,3,6H2,1-2H3. The van der Waals surface area contributed by atoms with Crippen LogP contribution in [0, 0.1) is 6.92 Å². The molecule has 0 atom stereocenters. The number of hydrogen-bond donors (Lipinski definition) is 0. The van der Waals surface area contributed by atoms with Crippen LogP contribution in [0.2, 0.25) is 0 Å². The molecule has 0 N–H and O–H groups in total. The number of allylic oxidation sites excluding steroid dienone is 1. The predicted octanol–water partition coefficient (Wildman–Crippen LogP) is 2.88. The van der Waals surface area contributed by atoms with Gasteiger partial charge in [-0.3, -0.25) is 4.79 Å². The fourth-order valence-electron chi connectivity index (χ4n) is 1.80. The van der Waals surface area contributed by atoms with Crippen molar-refractivity contribution in [3.8, 4) is 5.75 Å². The third-order valence-electron chi connectivity index (χ3n) is 2.62. The molecule has 1 aromatic rings. The van der Waals surface area contributed by atoms with Crippen LogP contribution in [0.5, 0.6) is 5.75 Å². The van der Waals surface area contributed by atoms with Crippen LogP contribution >= 0.6 is 0 Å². The molecule has 0 aliphatic heterocycles. The summed E-state index contributed by atoms with van der Waals surface area (Å²) in [6, 6.07) is 3.86. The molecule has 2 rings (SSSR count). The molecular weight excluding hydrogens is 188 g/mol. The van der Waals surface area contributed by atoms with Gasteiger partial charge in [0.1, 0.15) is 5.75 Å². The second-order valence-corrected chi connectivity index (χ2v) is 3.74. The highest BCUT2D eigenvalue weighted by Gasteiger charge is 2.11. The number of benzene rings is 1. The Morgan fingerprint density at radius 2 is 2.27 bits per heavy atom. The maximum absolute atomic E-state index is 11.2. The first kappa shape index (κ1) is 9.97. The van der Waals surface area contributed by atoms with Crippen LogP contribution in [0.25, 0.3) is 6.08 Å². The molecule has 1 aliphatic rings. The van der Waals surface area contributed by atoms with Crippen LogP contribution in [0.1, 0.15) is 30.0 Å². The summed E-state index contributed by atoms with van der Waals surface area (Å²) in [5, 5.41) is 0. The number of carbonyl (C=O) groups is 1. The first-order chi connectivity index (χ1) is 7.20. The molecule has 78 valence electrons. The summed E-state index contributed by atoms with van der Waals surface area (Å²) in [6.45, 7) is 3.84. The summed E-state index contributed by atoms with van der Waals surface area (Å²) in [7, 11) is 0. The van der Waals surface area contributed by atoms with E-state index in [1.54, 1.807) is 6.92 Å². The molecule has 0 spiro atoms. The normalized spacial score (nSPS) is 12.7. The number of carbonyl (C=O) groups excluding carboxylic acids is 1. The van der Waals surface area contributed by atoms with Crippen molar-refractivity contribution in [1.82, 2.24) is 0 Å². The van der Waals surface area contributed by atoms with Crippen molar-refractivity contribution in [2.24, 2.45) is 0 Å². The number of aryl methyl sites for hydroxylation is 1. The van der Waals surface area contributed by atoms with Gasteiger partial charge in [0.2, 0.25) is 0 Å². The minimum Gasteiger partial charge on any atom is -0.427 e. The minimum atomic E-state index is -0.184. The Kier molecular flexibility index (Phi) is 2.58. The van der Waals surface area contributed by atoms with E-state index in [1.165, 1.54) is 16.7 Å². The quantitative estimate of drug-likeness (QED) is 0.544. The zero-order chi connectivity index (χ0) is 10.8. The van der Waals surface area contributed by atoms with E-state index in [0.717, 1.165) is 6.42 Å². The average Bonchev–Trinajstić information content (AvgIpc) is 2.66. The van der Waals surface area contributed by atoms with Crippen molar-refractivity contribution in [1.29, 1.82) is 0 Å². The molecule has 1 aromatic carbocycles. The summed E-state index contributed by atoms with van der Waals surface area (Å²) in [5.41, 5.74) is 3.71. The number of ether oxygens (including phenoxy) is 1. The molecule has 0 radical (unpaired) electrons. The van der Waals surface area contributed by atoms with Gasteiger partial charge in [-0.15, -0.1) is 0 Å². The van der Waals surface area contributed by atoms with E-state index >= 15 is 0 Å². The van der Waals surface area contributed by atoms with E-state index in [-0.39, 0.29) is 5.97 Å². The van der Waals surface area contributed by atoms with Gasteiger partial charge in [0.25, 0.3) is 0 Å². The van der Waals surface area contributed by atoms with E-state index < -0.39 is 0 Å². The Labute approximate surface area is 89.6 Å². The van der Waals surface area contributed by atoms with Crippen LogP contribution < -0.4 is 4.74 Å². The maximum atomic E-state index is 11.2.